The molecule has 1 aromatic carbocycles. The van der Waals surface area contributed by atoms with E-state index in [9.17, 15) is 18.0 Å². The van der Waals surface area contributed by atoms with Gasteiger partial charge in [0.25, 0.3) is 5.91 Å². The van der Waals surface area contributed by atoms with Crippen LogP contribution in [-0.4, -0.2) is 51.2 Å². The number of carbonyl (C=O) groups is 1. The van der Waals surface area contributed by atoms with Gasteiger partial charge in [0.05, 0.1) is 16.1 Å². The molecule has 0 radical (unpaired) electrons. The average Bonchev–Trinajstić information content (AvgIpc) is 3.51. The molecule has 6 nitrogen and oxygen atoms in total. The fraction of sp³-hybridized carbons (Fsp3) is 0.409. The Morgan fingerprint density at radius 2 is 2.09 bits per heavy atom. The molecule has 0 spiro atoms. The van der Waals surface area contributed by atoms with E-state index in [2.05, 4.69) is 34.1 Å². The summed E-state index contributed by atoms with van der Waals surface area (Å²) < 4.78 is 40.9. The topological polar surface area (TPSA) is 63.1 Å². The normalized spacial score (nSPS) is 17.2. The van der Waals surface area contributed by atoms with Crippen LogP contribution in [0.3, 0.4) is 0 Å². The third-order valence-electron chi connectivity index (χ3n) is 5.57. The van der Waals surface area contributed by atoms with Crippen LogP contribution in [-0.2, 0) is 6.18 Å². The van der Waals surface area contributed by atoms with Gasteiger partial charge >= 0.3 is 6.18 Å². The van der Waals surface area contributed by atoms with Crippen molar-refractivity contribution in [2.75, 3.05) is 19.6 Å². The maximum atomic E-state index is 13.2. The van der Waals surface area contributed by atoms with Gasteiger partial charge in [-0.3, -0.25) is 4.79 Å². The highest BCUT2D eigenvalue weighted by Crippen LogP contribution is 2.32. The molecule has 1 fully saturated rings. The van der Waals surface area contributed by atoms with Gasteiger partial charge in [-0.1, -0.05) is 12.1 Å². The first-order valence-corrected chi connectivity index (χ1v) is 11.3. The van der Waals surface area contributed by atoms with Crippen molar-refractivity contribution < 1.29 is 18.0 Å². The van der Waals surface area contributed by atoms with Crippen molar-refractivity contribution in [1.82, 2.24) is 25.0 Å². The van der Waals surface area contributed by atoms with Crippen LogP contribution < -0.4 is 5.32 Å². The van der Waals surface area contributed by atoms with Gasteiger partial charge in [0.2, 0.25) is 5.82 Å². The van der Waals surface area contributed by atoms with Crippen molar-refractivity contribution in [3.63, 3.8) is 0 Å². The molecule has 1 amide bonds. The Morgan fingerprint density at radius 3 is 2.75 bits per heavy atom. The molecule has 1 N–H and O–H groups in total. The van der Waals surface area contributed by atoms with Gasteiger partial charge in [-0.05, 0) is 62.4 Å². The van der Waals surface area contributed by atoms with Crippen molar-refractivity contribution in [1.29, 1.82) is 0 Å². The number of halogens is 3. The van der Waals surface area contributed by atoms with Crippen molar-refractivity contribution in [3.05, 3.63) is 53.2 Å². The van der Waals surface area contributed by atoms with E-state index in [-0.39, 0.29) is 11.5 Å². The monoisotopic (exact) mass is 463 g/mol. The Morgan fingerprint density at radius 1 is 1.28 bits per heavy atom. The smallest absolute Gasteiger partial charge is 0.349 e. The fourth-order valence-electron chi connectivity index (χ4n) is 3.78. The van der Waals surface area contributed by atoms with Gasteiger partial charge in [-0.2, -0.15) is 13.2 Å². The average molecular weight is 464 g/mol. The molecule has 4 rings (SSSR count). The Kier molecular flexibility index (Phi) is 6.34. The molecule has 2 aromatic heterocycles. The summed E-state index contributed by atoms with van der Waals surface area (Å²) in [6.07, 6.45) is -3.48. The van der Waals surface area contributed by atoms with Gasteiger partial charge in [0.1, 0.15) is 0 Å². The van der Waals surface area contributed by atoms with Crippen LogP contribution in [0.15, 0.2) is 41.8 Å². The lowest BCUT2D eigenvalue weighted by Crippen LogP contribution is -2.33. The van der Waals surface area contributed by atoms with Crippen LogP contribution in [0.2, 0.25) is 0 Å². The number of thiophene rings is 1. The van der Waals surface area contributed by atoms with Gasteiger partial charge in [-0.15, -0.1) is 16.4 Å². The molecule has 10 heteroatoms. The second-order valence-electron chi connectivity index (χ2n) is 8.15. The summed E-state index contributed by atoms with van der Waals surface area (Å²) in [5, 5.41) is 9.00. The van der Waals surface area contributed by atoms with E-state index in [1.165, 1.54) is 28.2 Å². The molecular formula is C22H24F3N5OS. The van der Waals surface area contributed by atoms with Crippen LogP contribution in [0.1, 0.15) is 36.5 Å². The van der Waals surface area contributed by atoms with Crippen LogP contribution in [0.5, 0.6) is 0 Å². The summed E-state index contributed by atoms with van der Waals surface area (Å²) in [6, 6.07) is 8.91. The number of alkyl halides is 3. The van der Waals surface area contributed by atoms with E-state index in [0.717, 1.165) is 31.6 Å². The molecule has 1 unspecified atom stereocenters. The first-order chi connectivity index (χ1) is 15.2. The Labute approximate surface area is 188 Å². The molecule has 3 aromatic rings. The highest BCUT2D eigenvalue weighted by molar-refractivity contribution is 7.13. The van der Waals surface area contributed by atoms with Crippen LogP contribution in [0.25, 0.3) is 16.4 Å². The number of carbonyl (C=O) groups excluding carboxylic acids is 1. The first-order valence-electron chi connectivity index (χ1n) is 10.4. The van der Waals surface area contributed by atoms with Crippen molar-refractivity contribution in [2.45, 2.75) is 32.5 Å². The summed E-state index contributed by atoms with van der Waals surface area (Å²) >= 11 is 1.37. The number of nitrogens with zero attached hydrogens (tertiary/aromatic N) is 4. The molecule has 1 aliphatic rings. The maximum Gasteiger partial charge on any atom is 0.416 e. The third kappa shape index (κ3) is 4.86. The van der Waals surface area contributed by atoms with E-state index in [0.29, 0.717) is 29.2 Å². The molecule has 0 bridgehead atoms. The Bertz CT molecular complexity index is 1080. The number of hydrogen-bond acceptors (Lipinski definition) is 5. The number of aromatic nitrogens is 3. The van der Waals surface area contributed by atoms with Crippen molar-refractivity contribution in [3.8, 4) is 16.4 Å². The molecule has 3 heterocycles. The van der Waals surface area contributed by atoms with E-state index in [1.54, 1.807) is 6.07 Å². The predicted molar refractivity (Wildman–Crippen MR) is 117 cm³/mol. The minimum atomic E-state index is -4.48. The van der Waals surface area contributed by atoms with E-state index in [4.69, 9.17) is 0 Å². The number of nitrogens with one attached hydrogen (secondary N) is 1. The standard InChI is InChI=1S/C22H24F3N5OS/c1-14(2)29-9-8-15(13-29)12-26-21(31)19-27-20(18-7-4-10-32-18)30(28-19)17-6-3-5-16(11-17)22(23,24)25/h3-7,10-11,14-15H,8-9,12-13H2,1-2H3,(H,26,31). The zero-order valence-electron chi connectivity index (χ0n) is 17.8. The fourth-order valence-corrected chi connectivity index (χ4v) is 4.48. The highest BCUT2D eigenvalue weighted by atomic mass is 32.1. The minimum Gasteiger partial charge on any atom is -0.349 e. The minimum absolute atomic E-state index is 0.0653. The van der Waals surface area contributed by atoms with Gasteiger partial charge in [-0.25, -0.2) is 9.67 Å². The number of benzene rings is 1. The zero-order chi connectivity index (χ0) is 22.9. The van der Waals surface area contributed by atoms with Crippen LogP contribution in [0, 0.1) is 5.92 Å². The van der Waals surface area contributed by atoms with E-state index < -0.39 is 17.6 Å². The molecule has 0 saturated carbocycles. The number of rotatable bonds is 6. The Hall–Kier alpha value is -2.72. The third-order valence-corrected chi connectivity index (χ3v) is 6.43. The van der Waals surface area contributed by atoms with Crippen LogP contribution >= 0.6 is 11.3 Å². The lowest BCUT2D eigenvalue weighted by Gasteiger charge is -2.20. The second-order valence-corrected chi connectivity index (χ2v) is 9.10. The second kappa shape index (κ2) is 9.03. The summed E-state index contributed by atoms with van der Waals surface area (Å²) in [7, 11) is 0. The lowest BCUT2D eigenvalue weighted by atomic mass is 10.1. The van der Waals surface area contributed by atoms with Gasteiger partial charge in [0.15, 0.2) is 5.82 Å². The van der Waals surface area contributed by atoms with E-state index in [1.807, 2.05) is 11.4 Å². The molecule has 1 atom stereocenters. The quantitative estimate of drug-likeness (QED) is 0.586. The summed E-state index contributed by atoms with van der Waals surface area (Å²) in [4.78, 5) is 20.2. The first kappa shape index (κ1) is 22.5. The summed E-state index contributed by atoms with van der Waals surface area (Å²) in [5.74, 6) is 0.182. The zero-order valence-corrected chi connectivity index (χ0v) is 18.6. The lowest BCUT2D eigenvalue weighted by molar-refractivity contribution is -0.137. The van der Waals surface area contributed by atoms with Gasteiger partial charge < -0.3 is 10.2 Å². The van der Waals surface area contributed by atoms with Crippen LogP contribution in [0.4, 0.5) is 13.2 Å². The largest absolute Gasteiger partial charge is 0.416 e. The SMILES string of the molecule is CC(C)N1CCC(CNC(=O)c2nc(-c3cccs3)n(-c3cccc(C(F)(F)F)c3)n2)C1. The number of hydrogen-bond donors (Lipinski definition) is 1. The number of amides is 1. The Balaban J connectivity index is 1.58. The molecule has 32 heavy (non-hydrogen) atoms. The van der Waals surface area contributed by atoms with Gasteiger partial charge in [0, 0.05) is 19.1 Å². The van der Waals surface area contributed by atoms with E-state index >= 15 is 0 Å². The number of likely N-dealkylation sites (tertiary alicyclic amines) is 1. The molecule has 1 saturated heterocycles. The summed E-state index contributed by atoms with van der Waals surface area (Å²) in [6.45, 7) is 6.73. The molecular weight excluding hydrogens is 439 g/mol. The molecule has 1 aliphatic heterocycles. The molecule has 170 valence electrons. The summed E-state index contributed by atoms with van der Waals surface area (Å²) in [5.41, 5.74) is -0.595. The highest BCUT2D eigenvalue weighted by Gasteiger charge is 2.31. The van der Waals surface area contributed by atoms with Crippen molar-refractivity contribution >= 4 is 17.2 Å². The predicted octanol–water partition coefficient (Wildman–Crippen LogP) is 4.47. The van der Waals surface area contributed by atoms with Crippen molar-refractivity contribution in [2.24, 2.45) is 5.92 Å². The maximum absolute atomic E-state index is 13.2. The molecule has 0 aliphatic carbocycles.